The van der Waals surface area contributed by atoms with Crippen LogP contribution >= 0.6 is 0 Å². The van der Waals surface area contributed by atoms with Crippen molar-refractivity contribution >= 4 is 0 Å². The van der Waals surface area contributed by atoms with E-state index in [1.165, 1.54) is 16.7 Å². The van der Waals surface area contributed by atoms with E-state index in [-0.39, 0.29) is 0 Å². The summed E-state index contributed by atoms with van der Waals surface area (Å²) in [6.45, 7) is 8.48. The highest BCUT2D eigenvalue weighted by Crippen LogP contribution is 2.43. The quantitative estimate of drug-likeness (QED) is 0.918. The standard InChI is InChI=1S/C17H28N2O/c1-11(2)14-7-6-12(3)16(17(14)20-5)15-8-13(9-18)10-19(15)4/h6-7,11,13,15H,8-10,18H2,1-5H3. The van der Waals surface area contributed by atoms with Gasteiger partial charge in [0.25, 0.3) is 0 Å². The van der Waals surface area contributed by atoms with Gasteiger partial charge >= 0.3 is 0 Å². The maximum absolute atomic E-state index is 5.87. The molecule has 1 heterocycles. The van der Waals surface area contributed by atoms with Crippen LogP contribution < -0.4 is 10.5 Å². The number of hydrogen-bond acceptors (Lipinski definition) is 3. The molecule has 112 valence electrons. The number of ether oxygens (including phenoxy) is 1. The van der Waals surface area contributed by atoms with E-state index in [4.69, 9.17) is 10.5 Å². The fourth-order valence-electron chi connectivity index (χ4n) is 3.43. The minimum absolute atomic E-state index is 0.428. The fourth-order valence-corrected chi connectivity index (χ4v) is 3.43. The third-order valence-electron chi connectivity index (χ3n) is 4.57. The van der Waals surface area contributed by atoms with E-state index in [1.54, 1.807) is 7.11 Å². The zero-order chi connectivity index (χ0) is 14.9. The summed E-state index contributed by atoms with van der Waals surface area (Å²) in [6.07, 6.45) is 1.13. The first-order valence-corrected chi connectivity index (χ1v) is 7.57. The Morgan fingerprint density at radius 2 is 2.10 bits per heavy atom. The molecule has 3 nitrogen and oxygen atoms in total. The Kier molecular flexibility index (Phi) is 4.71. The highest BCUT2D eigenvalue weighted by molar-refractivity contribution is 5.49. The van der Waals surface area contributed by atoms with Crippen LogP contribution in [0.5, 0.6) is 5.75 Å². The van der Waals surface area contributed by atoms with E-state index < -0.39 is 0 Å². The molecule has 2 rings (SSSR count). The van der Waals surface area contributed by atoms with Gasteiger partial charge in [-0.15, -0.1) is 0 Å². The zero-order valence-electron chi connectivity index (χ0n) is 13.4. The van der Waals surface area contributed by atoms with Gasteiger partial charge in [0.15, 0.2) is 0 Å². The molecule has 2 atom stereocenters. The molecule has 1 aromatic carbocycles. The van der Waals surface area contributed by atoms with E-state index in [0.717, 1.165) is 25.3 Å². The second-order valence-electron chi connectivity index (χ2n) is 6.37. The molecule has 1 aromatic rings. The molecule has 1 aliphatic rings. The van der Waals surface area contributed by atoms with Gasteiger partial charge in [-0.1, -0.05) is 26.0 Å². The SMILES string of the molecule is COc1c(C(C)C)ccc(C)c1C1CC(CN)CN1C. The molecular formula is C17H28N2O. The van der Waals surface area contributed by atoms with E-state index in [0.29, 0.717) is 17.9 Å². The van der Waals surface area contributed by atoms with Gasteiger partial charge in [0.1, 0.15) is 5.75 Å². The van der Waals surface area contributed by atoms with Gasteiger partial charge in [0, 0.05) is 18.2 Å². The van der Waals surface area contributed by atoms with Crippen LogP contribution in [0.4, 0.5) is 0 Å². The van der Waals surface area contributed by atoms with Crippen LogP contribution in [-0.2, 0) is 0 Å². The van der Waals surface area contributed by atoms with Gasteiger partial charge in [-0.2, -0.15) is 0 Å². The lowest BCUT2D eigenvalue weighted by molar-refractivity contribution is 0.301. The monoisotopic (exact) mass is 276 g/mol. The molecule has 0 radical (unpaired) electrons. The number of benzene rings is 1. The molecule has 20 heavy (non-hydrogen) atoms. The molecule has 3 heteroatoms. The van der Waals surface area contributed by atoms with Crippen LogP contribution in [0.2, 0.25) is 0 Å². The molecule has 0 spiro atoms. The molecule has 1 saturated heterocycles. The van der Waals surface area contributed by atoms with Crippen LogP contribution in [0.3, 0.4) is 0 Å². The Labute approximate surface area is 123 Å². The first-order chi connectivity index (χ1) is 9.49. The molecule has 0 amide bonds. The normalized spacial score (nSPS) is 23.6. The molecule has 0 saturated carbocycles. The summed E-state index contributed by atoms with van der Waals surface area (Å²) in [4.78, 5) is 2.42. The van der Waals surface area contributed by atoms with E-state index in [9.17, 15) is 0 Å². The van der Waals surface area contributed by atoms with Crippen molar-refractivity contribution in [2.75, 3.05) is 27.2 Å². The molecule has 0 bridgehead atoms. The highest BCUT2D eigenvalue weighted by atomic mass is 16.5. The summed E-state index contributed by atoms with van der Waals surface area (Å²) >= 11 is 0. The lowest BCUT2D eigenvalue weighted by Gasteiger charge is -2.26. The van der Waals surface area contributed by atoms with Crippen molar-refractivity contribution in [3.63, 3.8) is 0 Å². The van der Waals surface area contributed by atoms with Crippen LogP contribution in [0.15, 0.2) is 12.1 Å². The number of hydrogen-bond donors (Lipinski definition) is 1. The van der Waals surface area contributed by atoms with Gasteiger partial charge in [-0.3, -0.25) is 4.90 Å². The third kappa shape index (κ3) is 2.70. The minimum Gasteiger partial charge on any atom is -0.496 e. The van der Waals surface area contributed by atoms with Gasteiger partial charge in [0.05, 0.1) is 7.11 Å². The average molecular weight is 276 g/mol. The van der Waals surface area contributed by atoms with Crippen LogP contribution in [0, 0.1) is 12.8 Å². The molecular weight excluding hydrogens is 248 g/mol. The minimum atomic E-state index is 0.428. The lowest BCUT2D eigenvalue weighted by atomic mass is 9.90. The Balaban J connectivity index is 2.47. The van der Waals surface area contributed by atoms with Crippen LogP contribution in [-0.4, -0.2) is 32.1 Å². The first kappa shape index (κ1) is 15.3. The predicted molar refractivity (Wildman–Crippen MR) is 84.4 cm³/mol. The number of aryl methyl sites for hydroxylation is 1. The van der Waals surface area contributed by atoms with E-state index >= 15 is 0 Å². The van der Waals surface area contributed by atoms with Crippen LogP contribution in [0.25, 0.3) is 0 Å². The Morgan fingerprint density at radius 3 is 2.60 bits per heavy atom. The van der Waals surface area contributed by atoms with Crippen molar-refractivity contribution in [1.82, 2.24) is 4.90 Å². The van der Waals surface area contributed by atoms with Gasteiger partial charge < -0.3 is 10.5 Å². The second kappa shape index (κ2) is 6.15. The topological polar surface area (TPSA) is 38.5 Å². The summed E-state index contributed by atoms with van der Waals surface area (Å²) in [6, 6.07) is 4.87. The van der Waals surface area contributed by atoms with Gasteiger partial charge in [0.2, 0.25) is 0 Å². The third-order valence-corrected chi connectivity index (χ3v) is 4.57. The summed E-state index contributed by atoms with van der Waals surface area (Å²) in [5.74, 6) is 2.15. The maximum atomic E-state index is 5.87. The molecule has 2 N–H and O–H groups in total. The van der Waals surface area contributed by atoms with Crippen molar-refractivity contribution in [3.8, 4) is 5.75 Å². The number of nitrogens with two attached hydrogens (primary N) is 1. The molecule has 1 fully saturated rings. The van der Waals surface area contributed by atoms with E-state index in [1.807, 2.05) is 0 Å². The zero-order valence-corrected chi connectivity index (χ0v) is 13.4. The largest absolute Gasteiger partial charge is 0.496 e. The summed E-state index contributed by atoms with van der Waals surface area (Å²) in [5, 5.41) is 0. The predicted octanol–water partition coefficient (Wildman–Crippen LogP) is 3.08. The average Bonchev–Trinajstić information content (AvgIpc) is 2.78. The number of methoxy groups -OCH3 is 1. The smallest absolute Gasteiger partial charge is 0.127 e. The van der Waals surface area contributed by atoms with E-state index in [2.05, 4.69) is 44.9 Å². The highest BCUT2D eigenvalue weighted by Gasteiger charge is 2.33. The number of rotatable bonds is 4. The molecule has 1 aliphatic heterocycles. The van der Waals surface area contributed by atoms with Crippen molar-refractivity contribution in [3.05, 3.63) is 28.8 Å². The molecule has 0 aromatic heterocycles. The number of likely N-dealkylation sites (tertiary alicyclic amines) is 1. The Bertz CT molecular complexity index is 470. The van der Waals surface area contributed by atoms with Gasteiger partial charge in [-0.05, 0) is 49.9 Å². The van der Waals surface area contributed by atoms with Crippen molar-refractivity contribution < 1.29 is 4.74 Å². The van der Waals surface area contributed by atoms with Crippen molar-refractivity contribution in [2.24, 2.45) is 11.7 Å². The molecule has 2 unspecified atom stereocenters. The second-order valence-corrected chi connectivity index (χ2v) is 6.37. The Morgan fingerprint density at radius 1 is 1.40 bits per heavy atom. The summed E-state index contributed by atoms with van der Waals surface area (Å²) in [7, 11) is 3.99. The number of nitrogens with zero attached hydrogens (tertiary/aromatic N) is 1. The van der Waals surface area contributed by atoms with Crippen molar-refractivity contribution in [2.45, 2.75) is 39.2 Å². The van der Waals surface area contributed by atoms with Gasteiger partial charge in [-0.25, -0.2) is 0 Å². The van der Waals surface area contributed by atoms with Crippen LogP contribution in [0.1, 0.15) is 48.9 Å². The Hall–Kier alpha value is -1.06. The first-order valence-electron chi connectivity index (χ1n) is 7.57. The lowest BCUT2D eigenvalue weighted by Crippen LogP contribution is -2.21. The summed E-state index contributed by atoms with van der Waals surface area (Å²) < 4.78 is 5.79. The summed E-state index contributed by atoms with van der Waals surface area (Å²) in [5.41, 5.74) is 9.85. The maximum Gasteiger partial charge on any atom is 0.127 e. The fraction of sp³-hybridized carbons (Fsp3) is 0.647. The van der Waals surface area contributed by atoms with Crippen molar-refractivity contribution in [1.29, 1.82) is 0 Å². The molecule has 0 aliphatic carbocycles.